The van der Waals surface area contributed by atoms with Crippen LogP contribution in [-0.2, 0) is 11.2 Å². The van der Waals surface area contributed by atoms with Crippen LogP contribution in [0.25, 0.3) is 0 Å². The van der Waals surface area contributed by atoms with E-state index in [1.54, 1.807) is 7.11 Å². The minimum Gasteiger partial charge on any atom is -0.475 e. The van der Waals surface area contributed by atoms with Gasteiger partial charge in [-0.25, -0.2) is 4.98 Å². The Hall–Kier alpha value is -1.36. The first-order chi connectivity index (χ1) is 8.80. The molecule has 5 heteroatoms. The first-order valence-electron chi connectivity index (χ1n) is 6.53. The van der Waals surface area contributed by atoms with Gasteiger partial charge in [-0.2, -0.15) is 4.98 Å². The fourth-order valence-corrected chi connectivity index (χ4v) is 1.46. The minimum atomic E-state index is 0.506. The predicted molar refractivity (Wildman–Crippen MR) is 72.2 cm³/mol. The molecular formula is C13H23N3O2. The highest BCUT2D eigenvalue weighted by molar-refractivity contribution is 5.38. The molecule has 0 spiro atoms. The maximum Gasteiger partial charge on any atom is 0.218 e. The largest absolute Gasteiger partial charge is 0.475 e. The van der Waals surface area contributed by atoms with Gasteiger partial charge < -0.3 is 14.8 Å². The van der Waals surface area contributed by atoms with Crippen molar-refractivity contribution in [2.24, 2.45) is 0 Å². The highest BCUT2D eigenvalue weighted by atomic mass is 16.5. The zero-order chi connectivity index (χ0) is 13.2. The average Bonchev–Trinajstić information content (AvgIpc) is 2.37. The quantitative estimate of drug-likeness (QED) is 0.684. The fraction of sp³-hybridized carbons (Fsp3) is 0.692. The molecule has 0 aliphatic carbocycles. The molecule has 0 fully saturated rings. The number of nitrogens with one attached hydrogen (secondary N) is 1. The summed E-state index contributed by atoms with van der Waals surface area (Å²) in [5.74, 6) is 2.28. The topological polar surface area (TPSA) is 56.3 Å². The Labute approximate surface area is 109 Å². The van der Waals surface area contributed by atoms with Crippen LogP contribution in [0.5, 0.6) is 5.88 Å². The monoisotopic (exact) mass is 253 g/mol. The molecule has 102 valence electrons. The molecule has 0 atom stereocenters. The summed E-state index contributed by atoms with van der Waals surface area (Å²) >= 11 is 0. The summed E-state index contributed by atoms with van der Waals surface area (Å²) in [6, 6.07) is 1.84. The van der Waals surface area contributed by atoms with Gasteiger partial charge in [-0.05, 0) is 12.8 Å². The molecule has 18 heavy (non-hydrogen) atoms. The zero-order valence-corrected chi connectivity index (χ0v) is 11.5. The van der Waals surface area contributed by atoms with Crippen LogP contribution >= 0.6 is 0 Å². The van der Waals surface area contributed by atoms with E-state index in [0.717, 1.165) is 37.4 Å². The summed E-state index contributed by atoms with van der Waals surface area (Å²) in [6.45, 7) is 6.20. The number of rotatable bonds is 9. The van der Waals surface area contributed by atoms with Crippen molar-refractivity contribution in [3.05, 3.63) is 11.9 Å². The third-order valence-electron chi connectivity index (χ3n) is 2.32. The maximum atomic E-state index is 5.54. The lowest BCUT2D eigenvalue weighted by atomic mass is 10.3. The van der Waals surface area contributed by atoms with E-state index in [9.17, 15) is 0 Å². The van der Waals surface area contributed by atoms with Gasteiger partial charge in [0.15, 0.2) is 0 Å². The van der Waals surface area contributed by atoms with Crippen LogP contribution in [0, 0.1) is 0 Å². The Balaban J connectivity index is 2.70. The van der Waals surface area contributed by atoms with E-state index in [1.807, 2.05) is 6.07 Å². The van der Waals surface area contributed by atoms with Crippen molar-refractivity contribution in [1.82, 2.24) is 9.97 Å². The standard InChI is InChI=1S/C13H23N3O2/c1-4-6-11-15-12(14-7-5-2)10-13(16-11)18-9-8-17-3/h10H,4-9H2,1-3H3,(H,14,15,16). The molecule has 0 amide bonds. The molecular weight excluding hydrogens is 230 g/mol. The van der Waals surface area contributed by atoms with Crippen LogP contribution in [0.2, 0.25) is 0 Å². The molecule has 0 saturated carbocycles. The molecule has 0 radical (unpaired) electrons. The third kappa shape index (κ3) is 5.31. The normalized spacial score (nSPS) is 10.4. The van der Waals surface area contributed by atoms with E-state index in [-0.39, 0.29) is 0 Å². The van der Waals surface area contributed by atoms with E-state index in [4.69, 9.17) is 9.47 Å². The lowest BCUT2D eigenvalue weighted by molar-refractivity contribution is 0.143. The van der Waals surface area contributed by atoms with Crippen molar-refractivity contribution in [2.75, 3.05) is 32.2 Å². The Morgan fingerprint density at radius 1 is 1.17 bits per heavy atom. The van der Waals surface area contributed by atoms with Crippen molar-refractivity contribution in [3.8, 4) is 5.88 Å². The predicted octanol–water partition coefficient (Wildman–Crippen LogP) is 2.28. The molecule has 1 N–H and O–H groups in total. The van der Waals surface area contributed by atoms with Crippen LogP contribution in [0.1, 0.15) is 32.5 Å². The number of aryl methyl sites for hydroxylation is 1. The first kappa shape index (κ1) is 14.7. The van der Waals surface area contributed by atoms with Crippen molar-refractivity contribution in [3.63, 3.8) is 0 Å². The Morgan fingerprint density at radius 3 is 2.67 bits per heavy atom. The lowest BCUT2D eigenvalue weighted by Crippen LogP contribution is -2.09. The third-order valence-corrected chi connectivity index (χ3v) is 2.32. The van der Waals surface area contributed by atoms with Crippen LogP contribution in [0.4, 0.5) is 5.82 Å². The van der Waals surface area contributed by atoms with Gasteiger partial charge in [0.25, 0.3) is 0 Å². The fourth-order valence-electron chi connectivity index (χ4n) is 1.46. The van der Waals surface area contributed by atoms with Crippen molar-refractivity contribution in [1.29, 1.82) is 0 Å². The molecule has 0 saturated heterocycles. The molecule has 1 aromatic rings. The van der Waals surface area contributed by atoms with Crippen LogP contribution in [0.15, 0.2) is 6.07 Å². The molecule has 1 rings (SSSR count). The van der Waals surface area contributed by atoms with E-state index >= 15 is 0 Å². The molecule has 0 bridgehead atoms. The van der Waals surface area contributed by atoms with Gasteiger partial charge in [-0.15, -0.1) is 0 Å². The summed E-state index contributed by atoms with van der Waals surface area (Å²) in [5.41, 5.74) is 0. The van der Waals surface area contributed by atoms with Gasteiger partial charge in [0.1, 0.15) is 18.2 Å². The number of hydrogen-bond donors (Lipinski definition) is 1. The van der Waals surface area contributed by atoms with Crippen molar-refractivity contribution < 1.29 is 9.47 Å². The SMILES string of the molecule is CCCNc1cc(OCCOC)nc(CCC)n1. The van der Waals surface area contributed by atoms with E-state index < -0.39 is 0 Å². The molecule has 0 unspecified atom stereocenters. The second kappa shape index (κ2) is 8.69. The minimum absolute atomic E-state index is 0.506. The van der Waals surface area contributed by atoms with Gasteiger partial charge >= 0.3 is 0 Å². The molecule has 0 aliphatic rings. The van der Waals surface area contributed by atoms with Gasteiger partial charge in [0.05, 0.1) is 6.61 Å². The average molecular weight is 253 g/mol. The summed E-state index contributed by atoms with van der Waals surface area (Å²) in [5, 5.41) is 3.26. The highest BCUT2D eigenvalue weighted by Crippen LogP contribution is 2.14. The molecule has 0 aliphatic heterocycles. The number of ether oxygens (including phenoxy) is 2. The summed E-state index contributed by atoms with van der Waals surface area (Å²) in [4.78, 5) is 8.83. The number of methoxy groups -OCH3 is 1. The van der Waals surface area contributed by atoms with Gasteiger partial charge in [-0.1, -0.05) is 13.8 Å². The summed E-state index contributed by atoms with van der Waals surface area (Å²) < 4.78 is 10.5. The number of hydrogen-bond acceptors (Lipinski definition) is 5. The van der Waals surface area contributed by atoms with Gasteiger partial charge in [0.2, 0.25) is 5.88 Å². The van der Waals surface area contributed by atoms with Gasteiger partial charge in [0, 0.05) is 26.1 Å². The van der Waals surface area contributed by atoms with Gasteiger partial charge in [-0.3, -0.25) is 0 Å². The molecule has 5 nitrogen and oxygen atoms in total. The van der Waals surface area contributed by atoms with Crippen molar-refractivity contribution in [2.45, 2.75) is 33.1 Å². The van der Waals surface area contributed by atoms with E-state index in [2.05, 4.69) is 29.1 Å². The second-order valence-electron chi connectivity index (χ2n) is 4.03. The smallest absolute Gasteiger partial charge is 0.218 e. The number of nitrogens with zero attached hydrogens (tertiary/aromatic N) is 2. The molecule has 1 heterocycles. The Morgan fingerprint density at radius 2 is 2.00 bits per heavy atom. The van der Waals surface area contributed by atoms with Crippen LogP contribution < -0.4 is 10.1 Å². The summed E-state index contributed by atoms with van der Waals surface area (Å²) in [6.07, 6.45) is 2.95. The number of anilines is 1. The van der Waals surface area contributed by atoms with Crippen LogP contribution in [0.3, 0.4) is 0 Å². The number of aromatic nitrogens is 2. The van der Waals surface area contributed by atoms with Crippen molar-refractivity contribution >= 4 is 5.82 Å². The van der Waals surface area contributed by atoms with Crippen LogP contribution in [-0.4, -0.2) is 36.8 Å². The van der Waals surface area contributed by atoms with E-state index in [0.29, 0.717) is 19.1 Å². The maximum absolute atomic E-state index is 5.54. The Kier molecular flexibility index (Phi) is 7.10. The Bertz CT molecular complexity index is 345. The first-order valence-corrected chi connectivity index (χ1v) is 6.53. The highest BCUT2D eigenvalue weighted by Gasteiger charge is 2.05. The summed E-state index contributed by atoms with van der Waals surface area (Å²) in [7, 11) is 1.65. The lowest BCUT2D eigenvalue weighted by Gasteiger charge is -2.10. The second-order valence-corrected chi connectivity index (χ2v) is 4.03. The zero-order valence-electron chi connectivity index (χ0n) is 11.5. The van der Waals surface area contributed by atoms with E-state index in [1.165, 1.54) is 0 Å². The molecule has 1 aromatic heterocycles. The molecule has 0 aromatic carbocycles.